The summed E-state index contributed by atoms with van der Waals surface area (Å²) in [6.45, 7) is 7.81. The van der Waals surface area contributed by atoms with Crippen LogP contribution in [0.1, 0.15) is 53.0 Å². The molecule has 2 aromatic carbocycles. The maximum Gasteiger partial charge on any atom is 0.335 e. The summed E-state index contributed by atoms with van der Waals surface area (Å²) in [6.07, 6.45) is 1.84. The van der Waals surface area contributed by atoms with Crippen molar-refractivity contribution < 1.29 is 24.2 Å². The topological polar surface area (TPSA) is 95.4 Å². The number of carbonyl (C=O) groups is 2. The molecule has 5 rings (SSSR count). The van der Waals surface area contributed by atoms with E-state index in [2.05, 4.69) is 33.8 Å². The van der Waals surface area contributed by atoms with Crippen LogP contribution in [0.5, 0.6) is 11.6 Å². The summed E-state index contributed by atoms with van der Waals surface area (Å²) in [7, 11) is 1.68. The third-order valence-electron chi connectivity index (χ3n) is 8.13. The van der Waals surface area contributed by atoms with Gasteiger partial charge in [-0.05, 0) is 62.1 Å². The SMILES string of the molecule is COC[C@@H](C)N1C[C@H](c2ccccc2)N(C2CCN(Cc3ccc(Oc4ccc(C(=O)O)cc4)nc3C)CC2)C1=O. The third-order valence-corrected chi connectivity index (χ3v) is 8.13. The Morgan fingerprint density at radius 2 is 1.76 bits per heavy atom. The van der Waals surface area contributed by atoms with Crippen LogP contribution >= 0.6 is 0 Å². The Morgan fingerprint density at radius 1 is 1.05 bits per heavy atom. The monoisotopic (exact) mass is 558 g/mol. The average molecular weight is 559 g/mol. The number of piperidine rings is 1. The van der Waals surface area contributed by atoms with Gasteiger partial charge in [-0.2, -0.15) is 0 Å². The molecular weight excluding hydrogens is 520 g/mol. The quantitative estimate of drug-likeness (QED) is 0.358. The van der Waals surface area contributed by atoms with Gasteiger partial charge in [0, 0.05) is 51.1 Å². The van der Waals surface area contributed by atoms with E-state index in [0.717, 1.165) is 43.7 Å². The van der Waals surface area contributed by atoms with Crippen LogP contribution in [0.25, 0.3) is 0 Å². The highest BCUT2D eigenvalue weighted by Crippen LogP contribution is 2.36. The van der Waals surface area contributed by atoms with Gasteiger partial charge in [0.15, 0.2) is 0 Å². The fraction of sp³-hybridized carbons (Fsp3) is 0.406. The van der Waals surface area contributed by atoms with Crippen LogP contribution in [0.2, 0.25) is 0 Å². The normalized spacial score (nSPS) is 19.0. The molecule has 0 saturated carbocycles. The van der Waals surface area contributed by atoms with Crippen molar-refractivity contribution in [3.05, 3.63) is 89.1 Å². The lowest BCUT2D eigenvalue weighted by molar-refractivity contribution is 0.0696. The number of benzene rings is 2. The molecular formula is C32H38N4O5. The molecule has 0 spiro atoms. The smallest absolute Gasteiger partial charge is 0.335 e. The highest BCUT2D eigenvalue weighted by molar-refractivity contribution is 5.87. The molecule has 41 heavy (non-hydrogen) atoms. The minimum Gasteiger partial charge on any atom is -0.478 e. The molecule has 0 unspecified atom stereocenters. The fourth-order valence-electron chi connectivity index (χ4n) is 5.86. The minimum atomic E-state index is -0.972. The van der Waals surface area contributed by atoms with E-state index in [0.29, 0.717) is 24.8 Å². The number of carboxylic acids is 1. The highest BCUT2D eigenvalue weighted by Gasteiger charge is 2.44. The van der Waals surface area contributed by atoms with E-state index in [1.807, 2.05) is 42.2 Å². The summed E-state index contributed by atoms with van der Waals surface area (Å²) in [5, 5.41) is 9.07. The zero-order valence-corrected chi connectivity index (χ0v) is 23.9. The summed E-state index contributed by atoms with van der Waals surface area (Å²) in [5.41, 5.74) is 3.42. The number of methoxy groups -OCH3 is 1. The Hall–Kier alpha value is -3.95. The van der Waals surface area contributed by atoms with Gasteiger partial charge in [-0.25, -0.2) is 14.6 Å². The number of pyridine rings is 1. The first-order chi connectivity index (χ1) is 19.8. The van der Waals surface area contributed by atoms with Gasteiger partial charge in [0.1, 0.15) is 5.75 Å². The van der Waals surface area contributed by atoms with Crippen molar-refractivity contribution in [1.82, 2.24) is 19.7 Å². The van der Waals surface area contributed by atoms with Crippen molar-refractivity contribution in [2.45, 2.75) is 51.4 Å². The van der Waals surface area contributed by atoms with E-state index in [1.165, 1.54) is 17.7 Å². The number of aryl methyl sites for hydroxylation is 1. The minimum absolute atomic E-state index is 0.0235. The Morgan fingerprint density at radius 3 is 2.39 bits per heavy atom. The van der Waals surface area contributed by atoms with E-state index >= 15 is 0 Å². The predicted molar refractivity (Wildman–Crippen MR) is 155 cm³/mol. The second-order valence-corrected chi connectivity index (χ2v) is 10.9. The Kier molecular flexibility index (Phi) is 8.85. The molecule has 9 heteroatoms. The lowest BCUT2D eigenvalue weighted by atomic mass is 9.98. The lowest BCUT2D eigenvalue weighted by Gasteiger charge is -2.39. The first-order valence-corrected chi connectivity index (χ1v) is 14.2. The summed E-state index contributed by atoms with van der Waals surface area (Å²) in [4.78, 5) is 35.9. The summed E-state index contributed by atoms with van der Waals surface area (Å²) in [5.74, 6) is 0.0394. The molecule has 1 aromatic heterocycles. The molecule has 216 valence electrons. The molecule has 0 bridgehead atoms. The van der Waals surface area contributed by atoms with Crippen LogP contribution in [0.15, 0.2) is 66.7 Å². The van der Waals surface area contributed by atoms with E-state index < -0.39 is 5.97 Å². The van der Waals surface area contributed by atoms with Crippen LogP contribution in [-0.2, 0) is 11.3 Å². The van der Waals surface area contributed by atoms with Gasteiger partial charge in [0.2, 0.25) is 5.88 Å². The molecule has 9 nitrogen and oxygen atoms in total. The highest BCUT2D eigenvalue weighted by atomic mass is 16.5. The van der Waals surface area contributed by atoms with Gasteiger partial charge in [-0.3, -0.25) is 4.90 Å². The lowest BCUT2D eigenvalue weighted by Crippen LogP contribution is -2.48. The maximum atomic E-state index is 13.7. The first-order valence-electron chi connectivity index (χ1n) is 14.2. The molecule has 2 amide bonds. The van der Waals surface area contributed by atoms with Crippen molar-refractivity contribution in [2.75, 3.05) is 33.4 Å². The van der Waals surface area contributed by atoms with Crippen LogP contribution in [0, 0.1) is 6.92 Å². The van der Waals surface area contributed by atoms with E-state index in [1.54, 1.807) is 19.2 Å². The van der Waals surface area contributed by atoms with Gasteiger partial charge in [0.05, 0.1) is 24.3 Å². The van der Waals surface area contributed by atoms with Crippen LogP contribution in [0.3, 0.4) is 0 Å². The number of hydrogen-bond donors (Lipinski definition) is 1. The third kappa shape index (κ3) is 6.52. The number of hydrogen-bond acceptors (Lipinski definition) is 6. The summed E-state index contributed by atoms with van der Waals surface area (Å²) < 4.78 is 11.2. The molecule has 2 saturated heterocycles. The van der Waals surface area contributed by atoms with Crippen molar-refractivity contribution in [3.8, 4) is 11.6 Å². The Balaban J connectivity index is 1.21. The van der Waals surface area contributed by atoms with Gasteiger partial charge in [0.25, 0.3) is 0 Å². The molecule has 0 aliphatic carbocycles. The van der Waals surface area contributed by atoms with E-state index in [4.69, 9.17) is 14.6 Å². The first kappa shape index (κ1) is 28.6. The Labute approximate surface area is 241 Å². The number of likely N-dealkylation sites (tertiary alicyclic amines) is 1. The Bertz CT molecular complexity index is 1340. The largest absolute Gasteiger partial charge is 0.478 e. The molecule has 3 heterocycles. The average Bonchev–Trinajstić information content (AvgIpc) is 3.33. The number of carbonyl (C=O) groups excluding carboxylic acids is 1. The standard InChI is InChI=1S/C32H38N4O5/c1-22(21-40-3)35-20-29(24-7-5-4-6-8-24)36(32(35)39)27-15-17-34(18-16-27)19-26-11-14-30(33-23(26)2)41-28-12-9-25(10-13-28)31(37)38/h4-14,22,27,29H,15-21H2,1-3H3,(H,37,38)/t22-,29-/m1/s1. The predicted octanol–water partition coefficient (Wildman–Crippen LogP) is 5.36. The van der Waals surface area contributed by atoms with Gasteiger partial charge in [-0.1, -0.05) is 36.4 Å². The fourth-order valence-corrected chi connectivity index (χ4v) is 5.86. The van der Waals surface area contributed by atoms with Crippen molar-refractivity contribution in [2.24, 2.45) is 0 Å². The van der Waals surface area contributed by atoms with Crippen LogP contribution < -0.4 is 4.74 Å². The number of ether oxygens (including phenoxy) is 2. The molecule has 1 N–H and O–H groups in total. The number of urea groups is 1. The maximum absolute atomic E-state index is 13.7. The van der Waals surface area contributed by atoms with Gasteiger partial charge >= 0.3 is 12.0 Å². The van der Waals surface area contributed by atoms with Crippen LogP contribution in [-0.4, -0.2) is 82.2 Å². The number of rotatable bonds is 10. The number of aromatic nitrogens is 1. The van der Waals surface area contributed by atoms with E-state index in [-0.39, 0.29) is 29.7 Å². The second-order valence-electron chi connectivity index (χ2n) is 10.9. The zero-order chi connectivity index (χ0) is 28.9. The van der Waals surface area contributed by atoms with Gasteiger partial charge < -0.3 is 24.4 Å². The molecule has 2 atom stereocenters. The van der Waals surface area contributed by atoms with Crippen molar-refractivity contribution >= 4 is 12.0 Å². The summed E-state index contributed by atoms with van der Waals surface area (Å²) >= 11 is 0. The zero-order valence-electron chi connectivity index (χ0n) is 23.9. The molecule has 2 aliphatic rings. The van der Waals surface area contributed by atoms with Crippen LogP contribution in [0.4, 0.5) is 4.79 Å². The number of nitrogens with zero attached hydrogens (tertiary/aromatic N) is 4. The van der Waals surface area contributed by atoms with Crippen molar-refractivity contribution in [1.29, 1.82) is 0 Å². The number of amides is 2. The van der Waals surface area contributed by atoms with E-state index in [9.17, 15) is 9.59 Å². The van der Waals surface area contributed by atoms with Gasteiger partial charge in [-0.15, -0.1) is 0 Å². The number of aromatic carboxylic acids is 1. The molecule has 0 radical (unpaired) electrons. The van der Waals surface area contributed by atoms with Crippen molar-refractivity contribution in [3.63, 3.8) is 0 Å². The molecule has 2 aliphatic heterocycles. The molecule has 2 fully saturated rings. The molecule has 3 aromatic rings. The summed E-state index contributed by atoms with van der Waals surface area (Å²) in [6, 6.07) is 20.9. The second kappa shape index (κ2) is 12.7. The number of carboxylic acid groups (broad SMARTS) is 1.